The number of unbranched alkanes of at least 4 members (excludes halogenated alkanes) is 8. The Morgan fingerprint density at radius 2 is 1.56 bits per heavy atom. The predicted octanol–water partition coefficient (Wildman–Crippen LogP) is 5.26. The highest BCUT2D eigenvalue weighted by atomic mass is 16.5. The number of aliphatic hydroxyl groups is 2. The number of hydrogen-bond donors (Lipinski definition) is 3. The fourth-order valence-corrected chi connectivity index (χ4v) is 6.06. The van der Waals surface area contributed by atoms with Crippen molar-refractivity contribution in [1.29, 1.82) is 0 Å². The molecule has 1 aliphatic carbocycles. The van der Waals surface area contributed by atoms with E-state index in [1.807, 2.05) is 54.6 Å². The summed E-state index contributed by atoms with van der Waals surface area (Å²) >= 11 is 0. The van der Waals surface area contributed by atoms with Crippen molar-refractivity contribution in [2.24, 2.45) is 0 Å². The number of ether oxygens (including phenoxy) is 1. The van der Waals surface area contributed by atoms with Crippen molar-refractivity contribution in [3.8, 4) is 5.75 Å². The van der Waals surface area contributed by atoms with E-state index >= 15 is 0 Å². The Labute approximate surface area is 244 Å². The summed E-state index contributed by atoms with van der Waals surface area (Å²) < 4.78 is 6.22. The van der Waals surface area contributed by atoms with Crippen LogP contribution in [0.1, 0.15) is 88.2 Å². The molecule has 4 atom stereocenters. The van der Waals surface area contributed by atoms with Crippen LogP contribution >= 0.6 is 0 Å². The molecule has 7 heteroatoms. The third kappa shape index (κ3) is 7.98. The normalized spacial score (nSPS) is 20.9. The van der Waals surface area contributed by atoms with Crippen molar-refractivity contribution >= 4 is 11.8 Å². The molecule has 2 aromatic carbocycles. The summed E-state index contributed by atoms with van der Waals surface area (Å²) in [5.41, 5.74) is 2.26. The standard InChI is InChI=1S/C34H46N2O5/c1-2-3-4-5-6-7-8-9-13-20-30(38)36(24-25-16-11-10-12-17-25)28-23-27(34(40)35-21-22-37)31-26-18-14-15-19-29(26)41-33(31)32(28)39/h10-12,14-19,23,28,31-33,37,39H,2-9,13,20-22,24H2,1H3,(H,35,40). The van der Waals surface area contributed by atoms with Gasteiger partial charge >= 0.3 is 0 Å². The van der Waals surface area contributed by atoms with Crippen LogP contribution in [0.5, 0.6) is 5.75 Å². The van der Waals surface area contributed by atoms with E-state index in [2.05, 4.69) is 12.2 Å². The molecule has 0 aromatic heterocycles. The number of benzene rings is 2. The van der Waals surface area contributed by atoms with Crippen LogP contribution in [0.15, 0.2) is 66.2 Å². The molecule has 41 heavy (non-hydrogen) atoms. The van der Waals surface area contributed by atoms with E-state index in [-0.39, 0.29) is 25.0 Å². The van der Waals surface area contributed by atoms with E-state index in [1.165, 1.54) is 38.5 Å². The van der Waals surface area contributed by atoms with Gasteiger partial charge in [0.1, 0.15) is 18.0 Å². The summed E-state index contributed by atoms with van der Waals surface area (Å²) in [4.78, 5) is 28.8. The minimum absolute atomic E-state index is 0.0406. The highest BCUT2D eigenvalue weighted by molar-refractivity contribution is 5.96. The number of carbonyl (C=O) groups excluding carboxylic acids is 2. The van der Waals surface area contributed by atoms with E-state index in [0.29, 0.717) is 24.3 Å². The van der Waals surface area contributed by atoms with Crippen molar-refractivity contribution in [2.45, 2.75) is 102 Å². The summed E-state index contributed by atoms with van der Waals surface area (Å²) in [5.74, 6) is -0.181. The second kappa shape index (κ2) is 15.7. The van der Waals surface area contributed by atoms with Gasteiger partial charge < -0.3 is 25.2 Å². The van der Waals surface area contributed by atoms with Gasteiger partial charge in [0.2, 0.25) is 11.8 Å². The van der Waals surface area contributed by atoms with E-state index in [4.69, 9.17) is 4.74 Å². The summed E-state index contributed by atoms with van der Waals surface area (Å²) in [6.07, 6.45) is 10.9. The van der Waals surface area contributed by atoms with Crippen LogP contribution in [0.2, 0.25) is 0 Å². The van der Waals surface area contributed by atoms with Crippen molar-refractivity contribution in [1.82, 2.24) is 10.2 Å². The molecule has 0 bridgehead atoms. The number of nitrogens with zero attached hydrogens (tertiary/aromatic N) is 1. The van der Waals surface area contributed by atoms with E-state index in [9.17, 15) is 19.8 Å². The van der Waals surface area contributed by atoms with Gasteiger partial charge in [0.25, 0.3) is 0 Å². The van der Waals surface area contributed by atoms with Crippen LogP contribution in [0.4, 0.5) is 0 Å². The van der Waals surface area contributed by atoms with Gasteiger partial charge in [0, 0.05) is 30.6 Å². The van der Waals surface area contributed by atoms with Gasteiger partial charge in [-0.25, -0.2) is 0 Å². The number of nitrogens with one attached hydrogen (secondary N) is 1. The lowest BCUT2D eigenvalue weighted by Gasteiger charge is -2.41. The van der Waals surface area contributed by atoms with Crippen LogP contribution in [-0.4, -0.2) is 58.3 Å². The first-order valence-electron chi connectivity index (χ1n) is 15.4. The fraction of sp³-hybridized carbons (Fsp3) is 0.529. The molecule has 4 unspecified atom stereocenters. The monoisotopic (exact) mass is 562 g/mol. The molecule has 222 valence electrons. The van der Waals surface area contributed by atoms with Crippen LogP contribution in [0.3, 0.4) is 0 Å². The minimum Gasteiger partial charge on any atom is -0.486 e. The van der Waals surface area contributed by atoms with Gasteiger partial charge in [0.15, 0.2) is 0 Å². The average Bonchev–Trinajstić information content (AvgIpc) is 3.39. The van der Waals surface area contributed by atoms with Crippen LogP contribution in [0, 0.1) is 0 Å². The van der Waals surface area contributed by atoms with Crippen LogP contribution in [0.25, 0.3) is 0 Å². The topological polar surface area (TPSA) is 99.1 Å². The number of para-hydroxylation sites is 1. The molecule has 4 rings (SSSR count). The van der Waals surface area contributed by atoms with E-state index in [0.717, 1.165) is 30.4 Å². The average molecular weight is 563 g/mol. The lowest BCUT2D eigenvalue weighted by atomic mass is 9.77. The van der Waals surface area contributed by atoms with E-state index in [1.54, 1.807) is 11.0 Å². The molecule has 0 radical (unpaired) electrons. The Bertz CT molecular complexity index is 1150. The molecular weight excluding hydrogens is 516 g/mol. The van der Waals surface area contributed by atoms with Crippen molar-refractivity contribution in [3.63, 3.8) is 0 Å². The van der Waals surface area contributed by atoms with Gasteiger partial charge in [-0.1, -0.05) is 107 Å². The summed E-state index contributed by atoms with van der Waals surface area (Å²) in [6.45, 7) is 2.49. The lowest BCUT2D eigenvalue weighted by Crippen LogP contribution is -2.55. The Hall–Kier alpha value is -3.16. The highest BCUT2D eigenvalue weighted by Gasteiger charge is 2.50. The maximum Gasteiger partial charge on any atom is 0.247 e. The maximum absolute atomic E-state index is 13.8. The third-order valence-electron chi connectivity index (χ3n) is 8.25. The lowest BCUT2D eigenvalue weighted by molar-refractivity contribution is -0.138. The Morgan fingerprint density at radius 1 is 0.902 bits per heavy atom. The molecule has 1 aliphatic heterocycles. The summed E-state index contributed by atoms with van der Waals surface area (Å²) in [6, 6.07) is 16.5. The Morgan fingerprint density at radius 3 is 2.27 bits per heavy atom. The largest absolute Gasteiger partial charge is 0.486 e. The Balaban J connectivity index is 1.52. The second-order valence-corrected chi connectivity index (χ2v) is 11.3. The molecule has 3 N–H and O–H groups in total. The number of fused-ring (bicyclic) bond motifs is 3. The number of carbonyl (C=O) groups is 2. The number of rotatable bonds is 16. The molecule has 0 spiro atoms. The molecular formula is C34H46N2O5. The number of amides is 2. The summed E-state index contributed by atoms with van der Waals surface area (Å²) in [5, 5.41) is 23.8. The zero-order valence-electron chi connectivity index (χ0n) is 24.3. The minimum atomic E-state index is -1.02. The number of aliphatic hydroxyl groups excluding tert-OH is 2. The van der Waals surface area contributed by atoms with Gasteiger partial charge in [0.05, 0.1) is 18.6 Å². The molecule has 0 saturated carbocycles. The summed E-state index contributed by atoms with van der Waals surface area (Å²) in [7, 11) is 0. The van der Waals surface area contributed by atoms with Crippen molar-refractivity contribution in [3.05, 3.63) is 77.4 Å². The van der Waals surface area contributed by atoms with Gasteiger partial charge in [-0.05, 0) is 24.1 Å². The molecule has 2 aromatic rings. The first-order valence-corrected chi connectivity index (χ1v) is 15.4. The molecule has 0 fully saturated rings. The fourth-order valence-electron chi connectivity index (χ4n) is 6.06. The quantitative estimate of drug-likeness (QED) is 0.243. The van der Waals surface area contributed by atoms with Crippen molar-refractivity contribution in [2.75, 3.05) is 13.2 Å². The second-order valence-electron chi connectivity index (χ2n) is 11.3. The van der Waals surface area contributed by atoms with Gasteiger partial charge in [-0.2, -0.15) is 0 Å². The zero-order chi connectivity index (χ0) is 29.0. The van der Waals surface area contributed by atoms with Gasteiger partial charge in [-0.15, -0.1) is 0 Å². The molecule has 2 amide bonds. The molecule has 1 heterocycles. The first kappa shape index (κ1) is 30.8. The van der Waals surface area contributed by atoms with Crippen molar-refractivity contribution < 1.29 is 24.5 Å². The highest BCUT2D eigenvalue weighted by Crippen LogP contribution is 2.47. The smallest absolute Gasteiger partial charge is 0.247 e. The predicted molar refractivity (Wildman–Crippen MR) is 160 cm³/mol. The van der Waals surface area contributed by atoms with Gasteiger partial charge in [-0.3, -0.25) is 9.59 Å². The van der Waals surface area contributed by atoms with Crippen LogP contribution in [-0.2, 0) is 16.1 Å². The Kier molecular flexibility index (Phi) is 11.8. The SMILES string of the molecule is CCCCCCCCCCCC(=O)N(Cc1ccccc1)C1C=C(C(=O)NCCO)C2c3ccccc3OC2C1O. The zero-order valence-corrected chi connectivity index (χ0v) is 24.3. The molecule has 7 nitrogen and oxygen atoms in total. The van der Waals surface area contributed by atoms with Crippen LogP contribution < -0.4 is 10.1 Å². The number of hydrogen-bond acceptors (Lipinski definition) is 5. The third-order valence-corrected chi connectivity index (χ3v) is 8.25. The van der Waals surface area contributed by atoms with E-state index < -0.39 is 24.2 Å². The molecule has 0 saturated heterocycles. The first-order chi connectivity index (χ1) is 20.0. The maximum atomic E-state index is 13.8. The molecule has 2 aliphatic rings.